The maximum Gasteiger partial charge on any atom is 0.259 e. The predicted octanol–water partition coefficient (Wildman–Crippen LogP) is 3.73. The van der Waals surface area contributed by atoms with Crippen molar-refractivity contribution in [3.05, 3.63) is 52.5 Å². The van der Waals surface area contributed by atoms with E-state index in [0.717, 1.165) is 12.0 Å². The molecule has 0 unspecified atom stereocenters. The number of carbonyl (C=O) groups excluding carboxylic acids is 2. The third-order valence-corrected chi connectivity index (χ3v) is 4.27. The highest BCUT2D eigenvalue weighted by Crippen LogP contribution is 2.32. The predicted molar refractivity (Wildman–Crippen MR) is 93.8 cm³/mol. The zero-order valence-electron chi connectivity index (χ0n) is 13.2. The molecule has 1 fully saturated rings. The summed E-state index contributed by atoms with van der Waals surface area (Å²) in [5.41, 5.74) is 2.21. The second-order valence-electron chi connectivity index (χ2n) is 5.79. The van der Waals surface area contributed by atoms with Crippen LogP contribution in [-0.2, 0) is 4.79 Å². The first-order valence-electron chi connectivity index (χ1n) is 7.66. The molecule has 2 aromatic carbocycles. The van der Waals surface area contributed by atoms with Gasteiger partial charge in [-0.1, -0.05) is 17.7 Å². The van der Waals surface area contributed by atoms with Crippen LogP contribution in [0.25, 0.3) is 0 Å². The topological polar surface area (TPSA) is 69.6 Å². The Bertz CT molecular complexity index is 820. The van der Waals surface area contributed by atoms with Gasteiger partial charge in [-0.2, -0.15) is 0 Å². The van der Waals surface area contributed by atoms with Crippen LogP contribution in [0.3, 0.4) is 0 Å². The maximum absolute atomic E-state index is 12.3. The van der Waals surface area contributed by atoms with Crippen LogP contribution >= 0.6 is 11.6 Å². The molecule has 2 N–H and O–H groups in total. The molecule has 0 radical (unpaired) electrons. The third-order valence-electron chi connectivity index (χ3n) is 3.97. The van der Waals surface area contributed by atoms with E-state index in [9.17, 15) is 14.7 Å². The summed E-state index contributed by atoms with van der Waals surface area (Å²) in [6, 6.07) is 9.87. The van der Waals surface area contributed by atoms with E-state index < -0.39 is 5.91 Å². The molecule has 5 nitrogen and oxygen atoms in total. The quantitative estimate of drug-likeness (QED) is 0.891. The van der Waals surface area contributed by atoms with Gasteiger partial charge in [-0.3, -0.25) is 9.59 Å². The van der Waals surface area contributed by atoms with Gasteiger partial charge in [0.15, 0.2) is 0 Å². The van der Waals surface area contributed by atoms with Crippen molar-refractivity contribution in [2.45, 2.75) is 19.8 Å². The maximum atomic E-state index is 12.3. The minimum atomic E-state index is -0.423. The first-order chi connectivity index (χ1) is 11.5. The summed E-state index contributed by atoms with van der Waals surface area (Å²) >= 11 is 6.26. The van der Waals surface area contributed by atoms with Crippen LogP contribution in [0.5, 0.6) is 5.75 Å². The molecule has 1 aliphatic rings. The third kappa shape index (κ3) is 3.21. The van der Waals surface area contributed by atoms with Crippen LogP contribution in [0.2, 0.25) is 5.02 Å². The zero-order chi connectivity index (χ0) is 17.3. The van der Waals surface area contributed by atoms with Crippen molar-refractivity contribution in [2.24, 2.45) is 0 Å². The van der Waals surface area contributed by atoms with Crippen molar-refractivity contribution in [2.75, 3.05) is 16.8 Å². The van der Waals surface area contributed by atoms with Gasteiger partial charge in [0.1, 0.15) is 5.75 Å². The van der Waals surface area contributed by atoms with E-state index in [4.69, 9.17) is 11.6 Å². The largest absolute Gasteiger partial charge is 0.507 e. The van der Waals surface area contributed by atoms with Gasteiger partial charge in [-0.15, -0.1) is 0 Å². The molecule has 0 bridgehead atoms. The number of aromatic hydroxyl groups is 1. The molecule has 0 aromatic heterocycles. The molecule has 1 saturated heterocycles. The number of aryl methyl sites for hydroxylation is 1. The van der Waals surface area contributed by atoms with Gasteiger partial charge in [0.2, 0.25) is 5.91 Å². The Morgan fingerprint density at radius 3 is 2.67 bits per heavy atom. The van der Waals surface area contributed by atoms with Gasteiger partial charge in [-0.05, 0) is 49.2 Å². The number of nitrogens with zero attached hydrogens (tertiary/aromatic N) is 1. The number of anilines is 2. The molecule has 0 spiro atoms. The monoisotopic (exact) mass is 344 g/mol. The highest BCUT2D eigenvalue weighted by molar-refractivity contribution is 6.34. The summed E-state index contributed by atoms with van der Waals surface area (Å²) in [5, 5.41) is 13.0. The normalized spacial score (nSPS) is 14.1. The van der Waals surface area contributed by atoms with E-state index in [1.54, 1.807) is 35.2 Å². The summed E-state index contributed by atoms with van der Waals surface area (Å²) in [7, 11) is 0. The highest BCUT2D eigenvalue weighted by atomic mass is 35.5. The lowest BCUT2D eigenvalue weighted by molar-refractivity contribution is -0.117. The lowest BCUT2D eigenvalue weighted by Crippen LogP contribution is -2.24. The Hall–Kier alpha value is -2.53. The molecule has 1 aliphatic heterocycles. The van der Waals surface area contributed by atoms with Crippen molar-refractivity contribution in [3.8, 4) is 5.75 Å². The first kappa shape index (κ1) is 16.3. The van der Waals surface area contributed by atoms with Gasteiger partial charge in [0, 0.05) is 18.7 Å². The van der Waals surface area contributed by atoms with Crippen LogP contribution in [-0.4, -0.2) is 23.5 Å². The smallest absolute Gasteiger partial charge is 0.259 e. The van der Waals surface area contributed by atoms with Crippen LogP contribution in [0.4, 0.5) is 11.4 Å². The van der Waals surface area contributed by atoms with Crippen LogP contribution in [0.15, 0.2) is 36.4 Å². The van der Waals surface area contributed by atoms with Gasteiger partial charge < -0.3 is 15.3 Å². The van der Waals surface area contributed by atoms with Gasteiger partial charge in [0.05, 0.1) is 16.3 Å². The average Bonchev–Trinajstić information content (AvgIpc) is 2.93. The molecule has 1 heterocycles. The van der Waals surface area contributed by atoms with E-state index in [1.807, 2.05) is 6.92 Å². The lowest BCUT2D eigenvalue weighted by atomic mass is 10.1. The average molecular weight is 345 g/mol. The van der Waals surface area contributed by atoms with Gasteiger partial charge in [0.25, 0.3) is 5.91 Å². The van der Waals surface area contributed by atoms with E-state index in [2.05, 4.69) is 5.32 Å². The number of benzene rings is 2. The van der Waals surface area contributed by atoms with E-state index in [1.165, 1.54) is 6.07 Å². The van der Waals surface area contributed by atoms with Gasteiger partial charge in [-0.25, -0.2) is 0 Å². The van der Waals surface area contributed by atoms with Crippen molar-refractivity contribution < 1.29 is 14.7 Å². The van der Waals surface area contributed by atoms with Crippen LogP contribution in [0, 0.1) is 6.92 Å². The Labute approximate surface area is 144 Å². The number of nitrogens with one attached hydrogen (secondary N) is 1. The van der Waals surface area contributed by atoms with Crippen molar-refractivity contribution in [1.29, 1.82) is 0 Å². The SMILES string of the molecule is Cc1ccc(C(=O)Nc2ccc(N3CCCC3=O)c(Cl)c2)c(O)c1. The molecule has 0 atom stereocenters. The summed E-state index contributed by atoms with van der Waals surface area (Å²) in [6.45, 7) is 2.49. The first-order valence-corrected chi connectivity index (χ1v) is 8.04. The van der Waals surface area contributed by atoms with Crippen molar-refractivity contribution >= 4 is 34.8 Å². The molecule has 2 aromatic rings. The molecule has 3 rings (SSSR count). The Kier molecular flexibility index (Phi) is 4.44. The molecule has 124 valence electrons. The van der Waals surface area contributed by atoms with Gasteiger partial charge >= 0.3 is 0 Å². The fourth-order valence-corrected chi connectivity index (χ4v) is 3.02. The standard InChI is InChI=1S/C18H17ClN2O3/c1-11-4-6-13(16(22)9-11)18(24)20-12-5-7-15(14(19)10-12)21-8-2-3-17(21)23/h4-7,9-10,22H,2-3,8H2,1H3,(H,20,24). The molecular weight excluding hydrogens is 328 g/mol. The number of rotatable bonds is 3. The zero-order valence-corrected chi connectivity index (χ0v) is 13.9. The minimum Gasteiger partial charge on any atom is -0.507 e. The van der Waals surface area contributed by atoms with E-state index in [0.29, 0.717) is 29.4 Å². The second kappa shape index (κ2) is 6.53. The second-order valence-corrected chi connectivity index (χ2v) is 6.20. The van der Waals surface area contributed by atoms with E-state index >= 15 is 0 Å². The van der Waals surface area contributed by atoms with E-state index in [-0.39, 0.29) is 17.2 Å². The molecule has 2 amide bonds. The Morgan fingerprint density at radius 2 is 2.04 bits per heavy atom. The minimum absolute atomic E-state index is 0.0539. The summed E-state index contributed by atoms with van der Waals surface area (Å²) in [5.74, 6) is -0.440. The summed E-state index contributed by atoms with van der Waals surface area (Å²) < 4.78 is 0. The molecular formula is C18H17ClN2O3. The Balaban J connectivity index is 1.79. The fourth-order valence-electron chi connectivity index (χ4n) is 2.74. The summed E-state index contributed by atoms with van der Waals surface area (Å²) in [6.07, 6.45) is 1.35. The number of carbonyl (C=O) groups is 2. The van der Waals surface area contributed by atoms with Crippen molar-refractivity contribution in [3.63, 3.8) is 0 Å². The fraction of sp³-hybridized carbons (Fsp3) is 0.222. The number of phenols is 1. The number of hydrogen-bond acceptors (Lipinski definition) is 3. The number of halogens is 1. The lowest BCUT2D eigenvalue weighted by Gasteiger charge is -2.18. The molecule has 24 heavy (non-hydrogen) atoms. The molecule has 0 aliphatic carbocycles. The van der Waals surface area contributed by atoms with Crippen molar-refractivity contribution in [1.82, 2.24) is 0 Å². The number of hydrogen-bond donors (Lipinski definition) is 2. The van der Waals surface area contributed by atoms with Crippen LogP contribution in [0.1, 0.15) is 28.8 Å². The molecule has 0 saturated carbocycles. The highest BCUT2D eigenvalue weighted by Gasteiger charge is 2.23. The summed E-state index contributed by atoms with van der Waals surface area (Å²) in [4.78, 5) is 25.7. The number of phenolic OH excluding ortho intramolecular Hbond substituents is 1. The molecule has 6 heteroatoms. The number of amides is 2. The van der Waals surface area contributed by atoms with Crippen LogP contribution < -0.4 is 10.2 Å². The Morgan fingerprint density at radius 1 is 1.25 bits per heavy atom.